The predicted molar refractivity (Wildman–Crippen MR) is 101 cm³/mol. The number of carbonyl (C=O) groups excluding carboxylic acids is 1. The van der Waals surface area contributed by atoms with Gasteiger partial charge in [0.05, 0.1) is 12.1 Å². The molecule has 26 heavy (non-hydrogen) atoms. The van der Waals surface area contributed by atoms with Crippen molar-refractivity contribution in [1.82, 2.24) is 14.8 Å². The number of aromatic nitrogens is 1. The van der Waals surface area contributed by atoms with Gasteiger partial charge in [-0.25, -0.2) is 0 Å². The normalized spacial score (nSPS) is 20.9. The molecule has 2 aromatic rings. The maximum absolute atomic E-state index is 12.7. The molecule has 0 aliphatic carbocycles. The standard InChI is InChI=1S/C20H27N3O3/c1-22(14-16-12-17-6-3-4-7-18(17)21-13-16)15-20(25)8-5-9-23(19(20)24)10-11-26-2/h3-4,6-7,12-13,25H,5,8-11,14-15H2,1-2H3. The number of ether oxygens (including phenoxy) is 1. The Kier molecular flexibility index (Phi) is 5.86. The van der Waals surface area contributed by atoms with Crippen molar-refractivity contribution < 1.29 is 14.6 Å². The van der Waals surface area contributed by atoms with Gasteiger partial charge in [0.2, 0.25) is 0 Å². The first-order valence-electron chi connectivity index (χ1n) is 9.05. The van der Waals surface area contributed by atoms with Crippen LogP contribution in [0.5, 0.6) is 0 Å². The fourth-order valence-electron chi connectivity index (χ4n) is 3.64. The van der Waals surface area contributed by atoms with E-state index in [-0.39, 0.29) is 5.91 Å². The first kappa shape index (κ1) is 18.8. The number of rotatable bonds is 7. The van der Waals surface area contributed by atoms with Crippen LogP contribution in [0.15, 0.2) is 36.5 Å². The van der Waals surface area contributed by atoms with Crippen LogP contribution in [0.25, 0.3) is 10.9 Å². The number of hydrogen-bond donors (Lipinski definition) is 1. The molecular weight excluding hydrogens is 330 g/mol. The summed E-state index contributed by atoms with van der Waals surface area (Å²) in [5.41, 5.74) is 0.702. The average Bonchev–Trinajstić information content (AvgIpc) is 2.63. The molecule has 0 bridgehead atoms. The number of nitrogens with zero attached hydrogens (tertiary/aromatic N) is 3. The summed E-state index contributed by atoms with van der Waals surface area (Å²) >= 11 is 0. The second-order valence-corrected chi connectivity index (χ2v) is 7.13. The van der Waals surface area contributed by atoms with Crippen LogP contribution in [0.4, 0.5) is 0 Å². The number of aliphatic hydroxyl groups is 1. The van der Waals surface area contributed by atoms with Crippen LogP contribution in [0, 0.1) is 0 Å². The Morgan fingerprint density at radius 2 is 2.19 bits per heavy atom. The topological polar surface area (TPSA) is 65.9 Å². The lowest BCUT2D eigenvalue weighted by Crippen LogP contribution is -2.58. The number of amides is 1. The van der Waals surface area contributed by atoms with E-state index in [9.17, 15) is 9.90 Å². The average molecular weight is 357 g/mol. The minimum atomic E-state index is -1.33. The van der Waals surface area contributed by atoms with Crippen LogP contribution in [-0.4, -0.2) is 71.8 Å². The highest BCUT2D eigenvalue weighted by Gasteiger charge is 2.42. The van der Waals surface area contributed by atoms with Gasteiger partial charge in [-0.3, -0.25) is 14.7 Å². The maximum atomic E-state index is 12.7. The minimum absolute atomic E-state index is 0.190. The zero-order valence-electron chi connectivity index (χ0n) is 15.5. The number of benzene rings is 1. The van der Waals surface area contributed by atoms with Gasteiger partial charge in [0.1, 0.15) is 0 Å². The van der Waals surface area contributed by atoms with Gasteiger partial charge in [0, 0.05) is 44.9 Å². The van der Waals surface area contributed by atoms with E-state index in [0.717, 1.165) is 22.9 Å². The van der Waals surface area contributed by atoms with E-state index < -0.39 is 5.60 Å². The summed E-state index contributed by atoms with van der Waals surface area (Å²) in [7, 11) is 3.54. The molecule has 0 saturated carbocycles. The van der Waals surface area contributed by atoms with E-state index in [0.29, 0.717) is 39.2 Å². The molecule has 6 nitrogen and oxygen atoms in total. The van der Waals surface area contributed by atoms with Crippen LogP contribution in [-0.2, 0) is 16.1 Å². The van der Waals surface area contributed by atoms with Crippen molar-refractivity contribution in [3.63, 3.8) is 0 Å². The molecule has 1 aliphatic rings. The molecule has 2 heterocycles. The van der Waals surface area contributed by atoms with Crippen molar-refractivity contribution in [2.45, 2.75) is 25.0 Å². The summed E-state index contributed by atoms with van der Waals surface area (Å²) in [4.78, 5) is 20.9. The molecule has 1 unspecified atom stereocenters. The molecule has 1 N–H and O–H groups in total. The summed E-state index contributed by atoms with van der Waals surface area (Å²) in [6, 6.07) is 10.1. The number of likely N-dealkylation sites (N-methyl/N-ethyl adjacent to an activating group) is 1. The third-order valence-corrected chi connectivity index (χ3v) is 4.90. The third kappa shape index (κ3) is 4.20. The number of pyridine rings is 1. The van der Waals surface area contributed by atoms with E-state index in [1.807, 2.05) is 42.4 Å². The SMILES string of the molecule is COCCN1CCCC(O)(CN(C)Cc2cnc3ccccc3c2)C1=O. The van der Waals surface area contributed by atoms with Crippen molar-refractivity contribution in [1.29, 1.82) is 0 Å². The number of piperidine rings is 1. The second-order valence-electron chi connectivity index (χ2n) is 7.13. The lowest BCUT2D eigenvalue weighted by atomic mass is 9.91. The Hall–Kier alpha value is -2.02. The fraction of sp³-hybridized carbons (Fsp3) is 0.500. The molecule has 1 atom stereocenters. The maximum Gasteiger partial charge on any atom is 0.255 e. The zero-order chi connectivity index (χ0) is 18.6. The van der Waals surface area contributed by atoms with Gasteiger partial charge in [0.25, 0.3) is 5.91 Å². The van der Waals surface area contributed by atoms with Gasteiger partial charge < -0.3 is 14.7 Å². The van der Waals surface area contributed by atoms with E-state index in [1.54, 1.807) is 12.0 Å². The van der Waals surface area contributed by atoms with E-state index >= 15 is 0 Å². The molecule has 1 aromatic carbocycles. The Bertz CT molecular complexity index is 767. The molecular formula is C20H27N3O3. The summed E-state index contributed by atoms with van der Waals surface area (Å²) in [5.74, 6) is -0.190. The number of hydrogen-bond acceptors (Lipinski definition) is 5. The number of fused-ring (bicyclic) bond motifs is 1. The minimum Gasteiger partial charge on any atom is -0.383 e. The summed E-state index contributed by atoms with van der Waals surface area (Å²) in [6.45, 7) is 2.63. The molecule has 3 rings (SSSR count). The monoisotopic (exact) mass is 357 g/mol. The molecule has 1 aliphatic heterocycles. The molecule has 0 radical (unpaired) electrons. The highest BCUT2D eigenvalue weighted by atomic mass is 16.5. The van der Waals surface area contributed by atoms with Gasteiger partial charge in [-0.2, -0.15) is 0 Å². The quantitative estimate of drug-likeness (QED) is 0.816. The summed E-state index contributed by atoms with van der Waals surface area (Å²) in [6.07, 6.45) is 3.16. The number of likely N-dealkylation sites (tertiary alicyclic amines) is 1. The van der Waals surface area contributed by atoms with Crippen molar-refractivity contribution in [3.05, 3.63) is 42.1 Å². The van der Waals surface area contributed by atoms with Gasteiger partial charge in [-0.1, -0.05) is 18.2 Å². The van der Waals surface area contributed by atoms with Crippen LogP contribution in [0.1, 0.15) is 18.4 Å². The van der Waals surface area contributed by atoms with Gasteiger partial charge in [0.15, 0.2) is 5.60 Å². The van der Waals surface area contributed by atoms with Crippen molar-refractivity contribution in [2.75, 3.05) is 40.4 Å². The lowest BCUT2D eigenvalue weighted by molar-refractivity contribution is -0.159. The smallest absolute Gasteiger partial charge is 0.255 e. The summed E-state index contributed by atoms with van der Waals surface area (Å²) < 4.78 is 5.06. The zero-order valence-corrected chi connectivity index (χ0v) is 15.5. The summed E-state index contributed by atoms with van der Waals surface area (Å²) in [5, 5.41) is 12.0. The predicted octanol–water partition coefficient (Wildman–Crippen LogP) is 1.67. The van der Waals surface area contributed by atoms with Crippen molar-refractivity contribution >= 4 is 16.8 Å². The van der Waals surface area contributed by atoms with Gasteiger partial charge >= 0.3 is 0 Å². The highest BCUT2D eigenvalue weighted by Crippen LogP contribution is 2.24. The van der Waals surface area contributed by atoms with Gasteiger partial charge in [-0.15, -0.1) is 0 Å². The number of carbonyl (C=O) groups is 1. The Morgan fingerprint density at radius 3 is 3.00 bits per heavy atom. The highest BCUT2D eigenvalue weighted by molar-refractivity contribution is 5.86. The van der Waals surface area contributed by atoms with E-state index in [1.165, 1.54) is 0 Å². The van der Waals surface area contributed by atoms with Crippen LogP contribution >= 0.6 is 0 Å². The first-order valence-corrected chi connectivity index (χ1v) is 9.05. The van der Waals surface area contributed by atoms with Crippen LogP contribution < -0.4 is 0 Å². The fourth-order valence-corrected chi connectivity index (χ4v) is 3.64. The Balaban J connectivity index is 1.65. The molecule has 1 aromatic heterocycles. The number of para-hydroxylation sites is 1. The van der Waals surface area contributed by atoms with E-state index in [4.69, 9.17) is 4.74 Å². The van der Waals surface area contributed by atoms with Crippen molar-refractivity contribution in [2.24, 2.45) is 0 Å². The van der Waals surface area contributed by atoms with Crippen molar-refractivity contribution in [3.8, 4) is 0 Å². The molecule has 1 amide bonds. The van der Waals surface area contributed by atoms with E-state index in [2.05, 4.69) is 11.1 Å². The third-order valence-electron chi connectivity index (χ3n) is 4.90. The van der Waals surface area contributed by atoms with Crippen LogP contribution in [0.3, 0.4) is 0 Å². The largest absolute Gasteiger partial charge is 0.383 e. The lowest BCUT2D eigenvalue weighted by Gasteiger charge is -2.40. The second kappa shape index (κ2) is 8.12. The Labute approximate surface area is 154 Å². The molecule has 1 saturated heterocycles. The van der Waals surface area contributed by atoms with Gasteiger partial charge in [-0.05, 0) is 37.6 Å². The first-order chi connectivity index (χ1) is 12.5. The molecule has 0 spiro atoms. The molecule has 140 valence electrons. The van der Waals surface area contributed by atoms with Crippen LogP contribution in [0.2, 0.25) is 0 Å². The molecule has 1 fully saturated rings. The Morgan fingerprint density at radius 1 is 1.38 bits per heavy atom. The number of methoxy groups -OCH3 is 1. The molecule has 6 heteroatoms.